The second kappa shape index (κ2) is 7.16. The Morgan fingerprint density at radius 1 is 1.38 bits per heavy atom. The first-order valence-electron chi connectivity index (χ1n) is 5.91. The lowest BCUT2D eigenvalue weighted by atomic mass is 10.2. The monoisotopic (exact) mass is 507 g/mol. The van der Waals surface area contributed by atoms with Gasteiger partial charge in [0.25, 0.3) is 5.91 Å². The lowest BCUT2D eigenvalue weighted by molar-refractivity contribution is 0.0954. The van der Waals surface area contributed by atoms with Crippen LogP contribution in [-0.4, -0.2) is 22.2 Å². The van der Waals surface area contributed by atoms with Crippen molar-refractivity contribution in [3.8, 4) is 5.75 Å². The maximum Gasteiger partial charge on any atom is 0.272 e. The molecule has 0 radical (unpaired) electrons. The van der Waals surface area contributed by atoms with Crippen LogP contribution < -0.4 is 5.43 Å². The molecule has 1 aromatic carbocycles. The van der Waals surface area contributed by atoms with Gasteiger partial charge in [-0.3, -0.25) is 9.78 Å². The van der Waals surface area contributed by atoms with Crippen LogP contribution in [0.4, 0.5) is 0 Å². The number of nitrogens with one attached hydrogen (secondary N) is 1. The van der Waals surface area contributed by atoms with E-state index in [1.54, 1.807) is 18.2 Å². The third kappa shape index (κ3) is 4.37. The Kier molecular flexibility index (Phi) is 5.51. The summed E-state index contributed by atoms with van der Waals surface area (Å²) in [5.74, 6) is -0.204. The molecule has 0 fully saturated rings. The second-order valence-corrected chi connectivity index (χ2v) is 6.62. The Morgan fingerprint density at radius 3 is 2.81 bits per heavy atom. The van der Waals surface area contributed by atoms with Crippen molar-refractivity contribution in [2.24, 2.45) is 5.10 Å². The molecular weight excluding hydrogens is 496 g/mol. The number of hydrazone groups is 1. The van der Waals surface area contributed by atoms with Crippen LogP contribution in [0, 0.1) is 14.1 Å². The predicted octanol–water partition coefficient (Wildman–Crippen LogP) is 3.07. The molecule has 21 heavy (non-hydrogen) atoms. The molecule has 2 aromatic rings. The largest absolute Gasteiger partial charge is 0.506 e. The summed E-state index contributed by atoms with van der Waals surface area (Å²) in [5, 5.41) is 13.8. The summed E-state index contributed by atoms with van der Waals surface area (Å²) in [6.45, 7) is 1.85. The number of benzene rings is 1. The van der Waals surface area contributed by atoms with Gasteiger partial charge >= 0.3 is 0 Å². The van der Waals surface area contributed by atoms with Crippen molar-refractivity contribution in [2.45, 2.75) is 6.92 Å². The molecule has 108 valence electrons. The summed E-state index contributed by atoms with van der Waals surface area (Å²) in [5.41, 5.74) is 4.23. The third-order valence-corrected chi connectivity index (χ3v) is 4.05. The van der Waals surface area contributed by atoms with Crippen LogP contribution in [0.1, 0.15) is 21.6 Å². The summed E-state index contributed by atoms with van der Waals surface area (Å²) in [6, 6.07) is 7.07. The molecule has 0 saturated carbocycles. The number of pyridine rings is 1. The first kappa shape index (κ1) is 16.1. The number of aromatic nitrogens is 1. The summed E-state index contributed by atoms with van der Waals surface area (Å²) in [4.78, 5) is 15.9. The fourth-order valence-corrected chi connectivity index (χ4v) is 3.40. The van der Waals surface area contributed by atoms with Gasteiger partial charge in [-0.15, -0.1) is 0 Å². The summed E-state index contributed by atoms with van der Waals surface area (Å²) < 4.78 is 1.71. The number of hydrogen-bond donors (Lipinski definition) is 2. The maximum atomic E-state index is 11.8. The molecule has 0 aliphatic heterocycles. The van der Waals surface area contributed by atoms with Gasteiger partial charge in [0, 0.05) is 21.0 Å². The Hall–Kier alpha value is -1.23. The van der Waals surface area contributed by atoms with Crippen molar-refractivity contribution < 1.29 is 9.90 Å². The van der Waals surface area contributed by atoms with Gasteiger partial charge in [0.1, 0.15) is 5.75 Å². The number of halogens is 2. The van der Waals surface area contributed by atoms with Gasteiger partial charge in [0.2, 0.25) is 0 Å². The lowest BCUT2D eigenvalue weighted by Crippen LogP contribution is -2.17. The van der Waals surface area contributed by atoms with E-state index in [1.807, 2.05) is 35.6 Å². The zero-order valence-corrected chi connectivity index (χ0v) is 15.3. The van der Waals surface area contributed by atoms with Crippen LogP contribution in [-0.2, 0) is 0 Å². The van der Waals surface area contributed by atoms with Crippen molar-refractivity contribution in [3.05, 3.63) is 54.4 Å². The zero-order valence-electron chi connectivity index (χ0n) is 11.0. The number of aromatic hydroxyl groups is 1. The second-order valence-electron chi connectivity index (χ2n) is 4.21. The Morgan fingerprint density at radius 2 is 2.14 bits per heavy atom. The summed E-state index contributed by atoms with van der Waals surface area (Å²) in [6.07, 6.45) is 2.91. The molecule has 1 amide bonds. The smallest absolute Gasteiger partial charge is 0.272 e. The molecule has 0 aliphatic rings. The van der Waals surface area contributed by atoms with Gasteiger partial charge in [-0.1, -0.05) is 0 Å². The molecule has 0 saturated heterocycles. The number of amides is 1. The number of carbonyl (C=O) groups excluding carboxylic acids is 1. The van der Waals surface area contributed by atoms with E-state index in [0.29, 0.717) is 11.1 Å². The molecule has 7 heteroatoms. The molecule has 2 rings (SSSR count). The van der Waals surface area contributed by atoms with Crippen LogP contribution in [0.5, 0.6) is 5.75 Å². The van der Waals surface area contributed by atoms with E-state index in [4.69, 9.17) is 0 Å². The molecule has 0 aliphatic carbocycles. The highest BCUT2D eigenvalue weighted by molar-refractivity contribution is 14.1. The molecule has 2 N–H and O–H groups in total. The van der Waals surface area contributed by atoms with E-state index < -0.39 is 0 Å². The molecule has 0 spiro atoms. The van der Waals surface area contributed by atoms with Crippen LogP contribution >= 0.6 is 45.2 Å². The number of phenols is 1. The van der Waals surface area contributed by atoms with Gasteiger partial charge in [0.15, 0.2) is 0 Å². The van der Waals surface area contributed by atoms with E-state index in [0.717, 1.165) is 12.8 Å². The van der Waals surface area contributed by atoms with Crippen molar-refractivity contribution in [1.29, 1.82) is 0 Å². The van der Waals surface area contributed by atoms with Crippen LogP contribution in [0.2, 0.25) is 0 Å². The van der Waals surface area contributed by atoms with Crippen molar-refractivity contribution in [2.75, 3.05) is 0 Å². The van der Waals surface area contributed by atoms with E-state index in [2.05, 4.69) is 38.1 Å². The SMILES string of the molecule is Cc1ccc(C(=O)N/N=C/c2cc(I)cc(I)c2O)cn1. The number of hydrogen-bond acceptors (Lipinski definition) is 4. The first-order valence-corrected chi connectivity index (χ1v) is 8.07. The minimum atomic E-state index is -0.349. The average molecular weight is 507 g/mol. The van der Waals surface area contributed by atoms with E-state index in [-0.39, 0.29) is 11.7 Å². The zero-order chi connectivity index (χ0) is 15.4. The number of rotatable bonds is 3. The fraction of sp³-hybridized carbons (Fsp3) is 0.0714. The average Bonchev–Trinajstić information content (AvgIpc) is 2.44. The highest BCUT2D eigenvalue weighted by Crippen LogP contribution is 2.25. The summed E-state index contributed by atoms with van der Waals surface area (Å²) in [7, 11) is 0. The quantitative estimate of drug-likeness (QED) is 0.382. The molecular formula is C14H11I2N3O2. The molecule has 5 nitrogen and oxygen atoms in total. The van der Waals surface area contributed by atoms with Gasteiger partial charge in [-0.05, 0) is 76.4 Å². The topological polar surface area (TPSA) is 74.6 Å². The number of nitrogens with zero attached hydrogens (tertiary/aromatic N) is 2. The van der Waals surface area contributed by atoms with Crippen molar-refractivity contribution in [1.82, 2.24) is 10.4 Å². The minimum absolute atomic E-state index is 0.144. The third-order valence-electron chi connectivity index (χ3n) is 2.60. The van der Waals surface area contributed by atoms with Gasteiger partial charge in [0.05, 0.1) is 15.3 Å². The van der Waals surface area contributed by atoms with E-state index in [9.17, 15) is 9.90 Å². The molecule has 0 unspecified atom stereocenters. The first-order chi connectivity index (χ1) is 9.97. The standard InChI is InChI=1S/C14H11I2N3O2/c1-8-2-3-9(6-17-8)14(21)19-18-7-10-4-11(15)5-12(16)13(10)20/h2-7,20H,1H3,(H,19,21)/b18-7+. The van der Waals surface area contributed by atoms with Crippen LogP contribution in [0.15, 0.2) is 35.6 Å². The van der Waals surface area contributed by atoms with Gasteiger partial charge in [-0.2, -0.15) is 5.10 Å². The highest BCUT2D eigenvalue weighted by Gasteiger charge is 2.06. The van der Waals surface area contributed by atoms with E-state index in [1.165, 1.54) is 12.4 Å². The molecule has 0 bridgehead atoms. The molecule has 1 heterocycles. The lowest BCUT2D eigenvalue weighted by Gasteiger charge is -2.03. The number of carbonyl (C=O) groups is 1. The van der Waals surface area contributed by atoms with Crippen LogP contribution in [0.25, 0.3) is 0 Å². The van der Waals surface area contributed by atoms with Crippen molar-refractivity contribution >= 4 is 57.3 Å². The normalized spacial score (nSPS) is 10.8. The van der Waals surface area contributed by atoms with Crippen LogP contribution in [0.3, 0.4) is 0 Å². The molecule has 0 atom stereocenters. The highest BCUT2D eigenvalue weighted by atomic mass is 127. The maximum absolute atomic E-state index is 11.8. The number of phenolic OH excluding ortho intramolecular Hbond substituents is 1. The Balaban J connectivity index is 2.09. The molecule has 1 aromatic heterocycles. The fourth-order valence-electron chi connectivity index (χ4n) is 1.51. The predicted molar refractivity (Wildman–Crippen MR) is 97.6 cm³/mol. The van der Waals surface area contributed by atoms with Gasteiger partial charge in [-0.25, -0.2) is 5.43 Å². The van der Waals surface area contributed by atoms with Crippen molar-refractivity contribution in [3.63, 3.8) is 0 Å². The summed E-state index contributed by atoms with van der Waals surface area (Å²) >= 11 is 4.19. The van der Waals surface area contributed by atoms with E-state index >= 15 is 0 Å². The number of aryl methyl sites for hydroxylation is 1. The Bertz CT molecular complexity index is 700. The minimum Gasteiger partial charge on any atom is -0.506 e. The van der Waals surface area contributed by atoms with Gasteiger partial charge < -0.3 is 5.11 Å². The Labute approximate surface area is 149 Å².